The number of carbonyl (C=O) groups is 2. The van der Waals surface area contributed by atoms with E-state index in [0.717, 1.165) is 5.56 Å². The Morgan fingerprint density at radius 2 is 1.42 bits per heavy atom. The van der Waals surface area contributed by atoms with Crippen molar-refractivity contribution < 1.29 is 48.1 Å². The number of quaternary nitrogens is 1. The van der Waals surface area contributed by atoms with Crippen molar-refractivity contribution in [3.63, 3.8) is 0 Å². The van der Waals surface area contributed by atoms with Crippen LogP contribution in [0.25, 0.3) is 0 Å². The Morgan fingerprint density at radius 1 is 0.956 bits per heavy atom. The van der Waals surface area contributed by atoms with Gasteiger partial charge in [-0.25, -0.2) is 0 Å². The van der Waals surface area contributed by atoms with Gasteiger partial charge in [-0.2, -0.15) is 9.28 Å². The van der Waals surface area contributed by atoms with E-state index < -0.39 is 44.4 Å². The molecule has 2 rings (SSSR count). The standard InChI is InChI=1S/C25H42Cl2N4O10P2.2Na.2H/c1-24(2,3)41-23(33)31(16-9-26,17-10-27)20-6-4-19(5-7-20)18-21(28)22(32)30-14-12-29(13-15-30)11-8-25(34,42(35,36)37)43(38,39)40;;;;/h4-7,21,34H,8-18,28H2,1-3H3,(H3-,35,36,37,38,39,40);;;;/p+1/t21-;;;;/m0..../s1. The molecule has 0 unspecified atom stereocenters. The van der Waals surface area contributed by atoms with Gasteiger partial charge in [0.1, 0.15) is 24.4 Å². The average molecular weight is 740 g/mol. The molecule has 1 aromatic rings. The molecule has 7 N–H and O–H groups in total. The summed E-state index contributed by atoms with van der Waals surface area (Å²) in [6, 6.07) is 6.23. The number of aliphatic hydroxyl groups is 1. The molecule has 14 nitrogen and oxygen atoms in total. The molecule has 0 saturated carbocycles. The van der Waals surface area contributed by atoms with Crippen LogP contribution in [0.15, 0.2) is 24.3 Å². The maximum absolute atomic E-state index is 13.3. The molecule has 1 aliphatic rings. The molecule has 1 aliphatic heterocycles. The van der Waals surface area contributed by atoms with Gasteiger partial charge in [-0.3, -0.25) is 18.8 Å². The summed E-state index contributed by atoms with van der Waals surface area (Å²) >= 11 is 12.2. The fourth-order valence-corrected chi connectivity index (χ4v) is 7.47. The topological polar surface area (TPSA) is 211 Å². The van der Waals surface area contributed by atoms with Gasteiger partial charge in [0.25, 0.3) is 5.08 Å². The minimum atomic E-state index is -5.54. The van der Waals surface area contributed by atoms with Crippen LogP contribution < -0.4 is 10.2 Å². The quantitative estimate of drug-likeness (QED) is 0.0708. The summed E-state index contributed by atoms with van der Waals surface area (Å²) in [6.07, 6.45) is -1.11. The molecular weight excluding hydrogens is 695 g/mol. The van der Waals surface area contributed by atoms with Gasteiger partial charge in [0.2, 0.25) is 5.91 Å². The number of nitrogens with zero attached hydrogens (tertiary/aromatic N) is 3. The number of halogens is 2. The number of amides is 2. The zero-order valence-corrected chi connectivity index (χ0v) is 27.8. The van der Waals surface area contributed by atoms with Crippen molar-refractivity contribution in [2.75, 3.05) is 57.6 Å². The van der Waals surface area contributed by atoms with Gasteiger partial charge in [-0.05, 0) is 32.8 Å². The summed E-state index contributed by atoms with van der Waals surface area (Å²) in [5, 5.41) is 6.60. The zero-order chi connectivity index (χ0) is 32.9. The van der Waals surface area contributed by atoms with E-state index in [9.17, 15) is 43.4 Å². The van der Waals surface area contributed by atoms with Crippen LogP contribution in [0.1, 0.15) is 32.8 Å². The van der Waals surface area contributed by atoms with Crippen LogP contribution in [0.5, 0.6) is 0 Å². The van der Waals surface area contributed by atoms with Gasteiger partial charge in [0.15, 0.2) is 0 Å². The molecule has 250 valence electrons. The third-order valence-electron chi connectivity index (χ3n) is 7.26. The molecule has 1 aromatic carbocycles. The second-order valence-corrected chi connectivity index (χ2v) is 16.3. The molecule has 0 bridgehead atoms. The van der Waals surface area contributed by atoms with E-state index >= 15 is 0 Å². The van der Waals surface area contributed by atoms with Crippen LogP contribution in [-0.2, 0) is 25.1 Å². The fourth-order valence-electron chi connectivity index (χ4n) is 4.75. The minimum absolute atomic E-state index is 0. The van der Waals surface area contributed by atoms with E-state index in [1.54, 1.807) is 54.8 Å². The Labute approximate surface area is 318 Å². The van der Waals surface area contributed by atoms with Gasteiger partial charge >= 0.3 is 80.4 Å². The Morgan fingerprint density at radius 3 is 1.82 bits per heavy atom. The SMILES string of the molecule is CC(C)(C)OC(=O)[N+](CCCl)(CCCl)c1ccc(C[C@H](N)C(=O)N2CCN(CCC(O)(P(=O)(O)O)P(=O)(O)O)CC2)cc1.[NaH].[NaH]. The van der Waals surface area contributed by atoms with Crippen molar-refractivity contribution in [1.29, 1.82) is 0 Å². The fraction of sp³-hybridized carbons (Fsp3) is 0.680. The molecule has 0 aliphatic carbocycles. The summed E-state index contributed by atoms with van der Waals surface area (Å²) in [4.78, 5) is 66.8. The number of benzene rings is 1. The first-order valence-corrected chi connectivity index (χ1v) is 17.9. The van der Waals surface area contributed by atoms with E-state index in [-0.39, 0.29) is 133 Å². The van der Waals surface area contributed by atoms with Crippen molar-refractivity contribution >= 4 is 115 Å². The monoisotopic (exact) mass is 739 g/mol. The number of carbonyl (C=O) groups excluding carboxylic acids is 2. The van der Waals surface area contributed by atoms with Crippen LogP contribution in [0.4, 0.5) is 10.5 Å². The van der Waals surface area contributed by atoms with Crippen LogP contribution >= 0.6 is 38.4 Å². The van der Waals surface area contributed by atoms with E-state index in [1.165, 1.54) is 0 Å². The van der Waals surface area contributed by atoms with Crippen LogP contribution in [-0.4, -0.2) is 180 Å². The molecule has 1 saturated heterocycles. The Bertz CT molecular complexity index is 1180. The molecule has 1 atom stereocenters. The van der Waals surface area contributed by atoms with E-state index in [2.05, 4.69) is 0 Å². The van der Waals surface area contributed by atoms with Crippen molar-refractivity contribution in [1.82, 2.24) is 14.3 Å². The average Bonchev–Trinajstić information content (AvgIpc) is 2.89. The van der Waals surface area contributed by atoms with Crippen molar-refractivity contribution in [3.8, 4) is 0 Å². The predicted octanol–water partition coefficient (Wildman–Crippen LogP) is 0.515. The molecule has 2 amide bonds. The summed E-state index contributed by atoms with van der Waals surface area (Å²) in [7, 11) is -11.1. The number of hydrogen-bond donors (Lipinski definition) is 6. The summed E-state index contributed by atoms with van der Waals surface area (Å²) in [5.74, 6) is 0.0751. The Balaban J connectivity index is 0.00000968. The molecule has 0 radical (unpaired) electrons. The molecular formula is C25H45Cl2N4Na2O10P2+. The Kier molecular flexibility index (Phi) is 19.1. The molecule has 1 fully saturated rings. The third-order valence-corrected chi connectivity index (χ3v) is 11.5. The first-order valence-electron chi connectivity index (χ1n) is 13.6. The number of piperazine rings is 1. The van der Waals surface area contributed by atoms with Gasteiger partial charge in [-0.1, -0.05) is 12.1 Å². The number of rotatable bonds is 13. The van der Waals surface area contributed by atoms with Gasteiger partial charge in [0, 0.05) is 51.3 Å². The summed E-state index contributed by atoms with van der Waals surface area (Å²) in [6.45, 7) is 6.61. The summed E-state index contributed by atoms with van der Waals surface area (Å²) < 4.78 is 28.7. The summed E-state index contributed by atoms with van der Waals surface area (Å²) in [5.41, 5.74) is 6.92. The van der Waals surface area contributed by atoms with E-state index in [1.807, 2.05) is 0 Å². The molecule has 0 aromatic heterocycles. The molecule has 1 heterocycles. The zero-order valence-electron chi connectivity index (χ0n) is 24.5. The van der Waals surface area contributed by atoms with Crippen LogP contribution in [0, 0.1) is 0 Å². The van der Waals surface area contributed by atoms with Gasteiger partial charge in [0.05, 0.1) is 17.8 Å². The predicted molar refractivity (Wildman–Crippen MR) is 178 cm³/mol. The third kappa shape index (κ3) is 12.3. The number of hydrogen-bond acceptors (Lipinski definition) is 8. The molecule has 45 heavy (non-hydrogen) atoms. The second-order valence-electron chi connectivity index (χ2n) is 11.5. The number of ether oxygens (including phenoxy) is 1. The Hall–Kier alpha value is 0.880. The number of nitrogens with two attached hydrogens (primary N) is 1. The van der Waals surface area contributed by atoms with Gasteiger partial charge < -0.3 is 40.1 Å². The first kappa shape index (κ1) is 45.9. The maximum atomic E-state index is 13.3. The molecule has 20 heteroatoms. The van der Waals surface area contributed by atoms with E-state index in [0.29, 0.717) is 5.69 Å². The molecule has 0 spiro atoms. The van der Waals surface area contributed by atoms with Crippen LogP contribution in [0.3, 0.4) is 0 Å². The van der Waals surface area contributed by atoms with Gasteiger partial charge in [-0.15, -0.1) is 23.2 Å². The van der Waals surface area contributed by atoms with E-state index in [4.69, 9.17) is 33.7 Å². The van der Waals surface area contributed by atoms with Crippen molar-refractivity contribution in [2.45, 2.75) is 50.3 Å². The van der Waals surface area contributed by atoms with Crippen molar-refractivity contribution in [2.24, 2.45) is 5.73 Å². The normalized spacial score (nSPS) is 15.9. The van der Waals surface area contributed by atoms with Crippen LogP contribution in [0.2, 0.25) is 0 Å². The van der Waals surface area contributed by atoms with Crippen molar-refractivity contribution in [3.05, 3.63) is 29.8 Å². The second kappa shape index (κ2) is 18.8. The first-order chi connectivity index (χ1) is 19.7. The number of alkyl halides is 2.